The Morgan fingerprint density at radius 2 is 1.68 bits per heavy atom. The SMILES string of the molecule is COc1ccc(NS(=O)(=O)c2ccc(OCC(=O)Nc3c(C)cccc3C(C)C)c(C)c2)cc1. The molecule has 0 aliphatic carbocycles. The third-order valence-electron chi connectivity index (χ3n) is 5.35. The highest BCUT2D eigenvalue weighted by molar-refractivity contribution is 7.92. The number of sulfonamides is 1. The molecule has 0 aliphatic heterocycles. The van der Waals surface area contributed by atoms with E-state index in [2.05, 4.69) is 23.9 Å². The molecule has 7 nitrogen and oxygen atoms in total. The van der Waals surface area contributed by atoms with Crippen molar-refractivity contribution in [2.24, 2.45) is 0 Å². The van der Waals surface area contributed by atoms with Gasteiger partial charge in [-0.15, -0.1) is 0 Å². The van der Waals surface area contributed by atoms with Crippen LogP contribution in [0.5, 0.6) is 11.5 Å². The van der Waals surface area contributed by atoms with Crippen LogP contribution in [0.3, 0.4) is 0 Å². The van der Waals surface area contributed by atoms with Crippen LogP contribution in [0.25, 0.3) is 0 Å². The third kappa shape index (κ3) is 6.08. The summed E-state index contributed by atoms with van der Waals surface area (Å²) < 4.78 is 38.8. The molecule has 180 valence electrons. The second kappa shape index (κ2) is 10.6. The van der Waals surface area contributed by atoms with Gasteiger partial charge in [0, 0.05) is 11.4 Å². The van der Waals surface area contributed by atoms with Crippen molar-refractivity contribution < 1.29 is 22.7 Å². The lowest BCUT2D eigenvalue weighted by atomic mass is 9.98. The number of anilines is 2. The van der Waals surface area contributed by atoms with Crippen molar-refractivity contribution in [1.29, 1.82) is 0 Å². The first-order valence-electron chi connectivity index (χ1n) is 10.9. The number of amides is 1. The molecule has 0 radical (unpaired) electrons. The van der Waals surface area contributed by atoms with Gasteiger partial charge < -0.3 is 14.8 Å². The normalized spacial score (nSPS) is 11.2. The van der Waals surface area contributed by atoms with Crippen molar-refractivity contribution in [3.05, 3.63) is 77.4 Å². The fourth-order valence-electron chi connectivity index (χ4n) is 3.49. The second-order valence-electron chi connectivity index (χ2n) is 8.29. The highest BCUT2D eigenvalue weighted by Crippen LogP contribution is 2.28. The zero-order valence-electron chi connectivity index (χ0n) is 20.0. The highest BCUT2D eigenvalue weighted by atomic mass is 32.2. The first kappa shape index (κ1) is 25.1. The van der Waals surface area contributed by atoms with Gasteiger partial charge in [0.2, 0.25) is 0 Å². The zero-order valence-corrected chi connectivity index (χ0v) is 20.8. The van der Waals surface area contributed by atoms with Gasteiger partial charge in [0.25, 0.3) is 15.9 Å². The van der Waals surface area contributed by atoms with E-state index in [1.165, 1.54) is 12.1 Å². The third-order valence-corrected chi connectivity index (χ3v) is 6.73. The molecule has 0 unspecified atom stereocenters. The standard InChI is InChI=1S/C26H30N2O5S/c1-17(2)23-8-6-7-18(3)26(23)27-25(29)16-33-24-14-13-22(15-19(24)4)34(30,31)28-20-9-11-21(32-5)12-10-20/h6-15,17,28H,16H2,1-5H3,(H,27,29). The molecule has 34 heavy (non-hydrogen) atoms. The molecule has 0 aliphatic rings. The summed E-state index contributed by atoms with van der Waals surface area (Å²) >= 11 is 0. The average molecular weight is 483 g/mol. The minimum atomic E-state index is -3.79. The van der Waals surface area contributed by atoms with Crippen LogP contribution >= 0.6 is 0 Å². The minimum absolute atomic E-state index is 0.0964. The van der Waals surface area contributed by atoms with E-state index >= 15 is 0 Å². The molecule has 3 aromatic rings. The van der Waals surface area contributed by atoms with Crippen molar-refractivity contribution >= 4 is 27.3 Å². The Morgan fingerprint density at radius 1 is 0.971 bits per heavy atom. The van der Waals surface area contributed by atoms with Crippen LogP contribution in [0.4, 0.5) is 11.4 Å². The molecule has 3 aromatic carbocycles. The zero-order chi connectivity index (χ0) is 24.9. The van der Waals surface area contributed by atoms with Gasteiger partial charge in [0.05, 0.1) is 12.0 Å². The largest absolute Gasteiger partial charge is 0.497 e. The fraction of sp³-hybridized carbons (Fsp3) is 0.269. The number of carbonyl (C=O) groups excluding carboxylic acids is 1. The predicted octanol–water partition coefficient (Wildman–Crippen LogP) is 5.25. The van der Waals surface area contributed by atoms with Gasteiger partial charge in [0.1, 0.15) is 11.5 Å². The number of rotatable bonds is 9. The first-order valence-corrected chi connectivity index (χ1v) is 12.4. The number of methoxy groups -OCH3 is 1. The van der Waals surface area contributed by atoms with Gasteiger partial charge in [-0.3, -0.25) is 9.52 Å². The molecule has 2 N–H and O–H groups in total. The number of hydrogen-bond acceptors (Lipinski definition) is 5. The summed E-state index contributed by atoms with van der Waals surface area (Å²) in [5.74, 6) is 1.05. The topological polar surface area (TPSA) is 93.7 Å². The highest BCUT2D eigenvalue weighted by Gasteiger charge is 2.17. The van der Waals surface area contributed by atoms with E-state index in [9.17, 15) is 13.2 Å². The summed E-state index contributed by atoms with van der Waals surface area (Å²) in [6, 6.07) is 17.0. The van der Waals surface area contributed by atoms with E-state index in [0.29, 0.717) is 22.7 Å². The van der Waals surface area contributed by atoms with E-state index in [1.807, 2.05) is 25.1 Å². The van der Waals surface area contributed by atoms with E-state index in [0.717, 1.165) is 16.8 Å². The molecule has 0 atom stereocenters. The van der Waals surface area contributed by atoms with Crippen molar-refractivity contribution in [3.63, 3.8) is 0 Å². The van der Waals surface area contributed by atoms with E-state index < -0.39 is 10.0 Å². The molecule has 3 rings (SSSR count). The number of para-hydroxylation sites is 1. The van der Waals surface area contributed by atoms with Crippen LogP contribution in [-0.2, 0) is 14.8 Å². The summed E-state index contributed by atoms with van der Waals surface area (Å²) in [6.07, 6.45) is 0. The van der Waals surface area contributed by atoms with Crippen LogP contribution in [0.2, 0.25) is 0 Å². The quantitative estimate of drug-likeness (QED) is 0.434. The maximum atomic E-state index is 12.8. The lowest BCUT2D eigenvalue weighted by molar-refractivity contribution is -0.118. The van der Waals surface area contributed by atoms with E-state index in [1.54, 1.807) is 44.4 Å². The number of carbonyl (C=O) groups is 1. The molecule has 0 aromatic heterocycles. The lowest BCUT2D eigenvalue weighted by Crippen LogP contribution is -2.22. The Balaban J connectivity index is 1.67. The first-order chi connectivity index (χ1) is 16.1. The summed E-state index contributed by atoms with van der Waals surface area (Å²) in [5.41, 5.74) is 3.86. The number of nitrogens with one attached hydrogen (secondary N) is 2. The van der Waals surface area contributed by atoms with Crippen LogP contribution < -0.4 is 19.5 Å². The minimum Gasteiger partial charge on any atom is -0.497 e. The number of ether oxygens (including phenoxy) is 2. The van der Waals surface area contributed by atoms with Crippen LogP contribution in [0.15, 0.2) is 65.6 Å². The average Bonchev–Trinajstić information content (AvgIpc) is 2.79. The van der Waals surface area contributed by atoms with Crippen LogP contribution in [0.1, 0.15) is 36.5 Å². The number of aryl methyl sites for hydroxylation is 2. The molecule has 0 saturated heterocycles. The van der Waals surface area contributed by atoms with Crippen molar-refractivity contribution in [3.8, 4) is 11.5 Å². The maximum Gasteiger partial charge on any atom is 0.262 e. The predicted molar refractivity (Wildman–Crippen MR) is 134 cm³/mol. The molecule has 1 amide bonds. The molecular weight excluding hydrogens is 452 g/mol. The maximum absolute atomic E-state index is 12.8. The Bertz CT molecular complexity index is 1270. The van der Waals surface area contributed by atoms with Gasteiger partial charge in [0.15, 0.2) is 6.61 Å². The van der Waals surface area contributed by atoms with Gasteiger partial charge >= 0.3 is 0 Å². The summed E-state index contributed by atoms with van der Waals surface area (Å²) in [7, 11) is -2.25. The molecule has 0 spiro atoms. The summed E-state index contributed by atoms with van der Waals surface area (Å²) in [4.78, 5) is 12.6. The van der Waals surface area contributed by atoms with Gasteiger partial charge in [-0.1, -0.05) is 32.0 Å². The molecule has 0 fully saturated rings. The summed E-state index contributed by atoms with van der Waals surface area (Å²) in [6.45, 7) is 7.64. The molecular formula is C26H30N2O5S. The molecule has 0 bridgehead atoms. The van der Waals surface area contributed by atoms with Gasteiger partial charge in [-0.2, -0.15) is 0 Å². The number of hydrogen-bond donors (Lipinski definition) is 2. The Labute approximate surface area is 201 Å². The lowest BCUT2D eigenvalue weighted by Gasteiger charge is -2.17. The Kier molecular flexibility index (Phi) is 7.83. The van der Waals surface area contributed by atoms with E-state index in [4.69, 9.17) is 9.47 Å². The van der Waals surface area contributed by atoms with Gasteiger partial charge in [-0.25, -0.2) is 8.42 Å². The van der Waals surface area contributed by atoms with E-state index in [-0.39, 0.29) is 23.3 Å². The Morgan fingerprint density at radius 3 is 2.29 bits per heavy atom. The monoisotopic (exact) mass is 482 g/mol. The van der Waals surface area contributed by atoms with Gasteiger partial charge in [-0.05, 0) is 78.9 Å². The van der Waals surface area contributed by atoms with Crippen molar-refractivity contribution in [1.82, 2.24) is 0 Å². The summed E-state index contributed by atoms with van der Waals surface area (Å²) in [5, 5.41) is 2.94. The van der Waals surface area contributed by atoms with Crippen LogP contribution in [0, 0.1) is 13.8 Å². The van der Waals surface area contributed by atoms with Crippen molar-refractivity contribution in [2.45, 2.75) is 38.5 Å². The van der Waals surface area contributed by atoms with Crippen molar-refractivity contribution in [2.75, 3.05) is 23.8 Å². The second-order valence-corrected chi connectivity index (χ2v) is 9.97. The molecule has 0 saturated carbocycles. The fourth-order valence-corrected chi connectivity index (χ4v) is 4.63. The number of benzene rings is 3. The molecule has 8 heteroatoms. The smallest absolute Gasteiger partial charge is 0.262 e. The Hall–Kier alpha value is -3.52. The van der Waals surface area contributed by atoms with Crippen LogP contribution in [-0.4, -0.2) is 28.0 Å². The molecule has 0 heterocycles.